The Morgan fingerprint density at radius 3 is 2.96 bits per heavy atom. The minimum atomic E-state index is -0.793. The smallest absolute Gasteiger partial charge is 0.250 e. The van der Waals surface area contributed by atoms with Crippen LogP contribution in [0.25, 0.3) is 0 Å². The first-order valence-corrected chi connectivity index (χ1v) is 7.93. The van der Waals surface area contributed by atoms with Gasteiger partial charge in [0, 0.05) is 13.6 Å². The van der Waals surface area contributed by atoms with Crippen molar-refractivity contribution in [3.63, 3.8) is 0 Å². The minimum absolute atomic E-state index is 0.00827. The van der Waals surface area contributed by atoms with Gasteiger partial charge in [-0.1, -0.05) is 6.07 Å². The number of pyridine rings is 1. The molecular formula is C16H22N6O2. The fraction of sp³-hybridized carbons (Fsp3) is 0.500. The number of ether oxygens (including phenoxy) is 1. The molecule has 0 aromatic carbocycles. The van der Waals surface area contributed by atoms with Gasteiger partial charge in [0.05, 0.1) is 18.8 Å². The molecular weight excluding hydrogens is 308 g/mol. The van der Waals surface area contributed by atoms with E-state index in [0.717, 1.165) is 11.5 Å². The number of anilines is 1. The van der Waals surface area contributed by atoms with Gasteiger partial charge in [-0.05, 0) is 26.0 Å². The lowest BCUT2D eigenvalue weighted by Gasteiger charge is -2.37. The summed E-state index contributed by atoms with van der Waals surface area (Å²) in [6.45, 7) is 5.19. The maximum atomic E-state index is 13.0. The predicted octanol–water partition coefficient (Wildman–Crippen LogP) is 1.05. The van der Waals surface area contributed by atoms with Crippen LogP contribution in [0.5, 0.6) is 0 Å². The number of amides is 1. The zero-order valence-electron chi connectivity index (χ0n) is 14.1. The summed E-state index contributed by atoms with van der Waals surface area (Å²) in [5.74, 6) is 0.772. The summed E-state index contributed by atoms with van der Waals surface area (Å²) in [4.78, 5) is 23.2. The molecule has 8 heteroatoms. The summed E-state index contributed by atoms with van der Waals surface area (Å²) in [6.07, 6.45) is 2.76. The van der Waals surface area contributed by atoms with Gasteiger partial charge >= 0.3 is 0 Å². The first-order valence-electron chi connectivity index (χ1n) is 7.93. The molecule has 0 saturated carbocycles. The van der Waals surface area contributed by atoms with Gasteiger partial charge in [-0.3, -0.25) is 4.79 Å². The van der Waals surface area contributed by atoms with E-state index < -0.39 is 5.54 Å². The van der Waals surface area contributed by atoms with Gasteiger partial charge in [0.2, 0.25) is 5.91 Å². The van der Waals surface area contributed by atoms with E-state index in [-0.39, 0.29) is 12.0 Å². The molecule has 1 amide bonds. The lowest BCUT2D eigenvalue weighted by Crippen LogP contribution is -2.51. The number of hydrogen-bond donors (Lipinski definition) is 1. The summed E-state index contributed by atoms with van der Waals surface area (Å²) >= 11 is 0. The van der Waals surface area contributed by atoms with Crippen molar-refractivity contribution in [3.8, 4) is 0 Å². The Morgan fingerprint density at radius 1 is 1.42 bits per heavy atom. The van der Waals surface area contributed by atoms with Crippen molar-refractivity contribution in [1.82, 2.24) is 24.6 Å². The number of nitrogens with zero attached hydrogens (tertiary/aromatic N) is 5. The van der Waals surface area contributed by atoms with E-state index in [1.807, 2.05) is 44.0 Å². The van der Waals surface area contributed by atoms with Gasteiger partial charge in [-0.25, -0.2) is 14.6 Å². The molecule has 1 aliphatic rings. The highest BCUT2D eigenvalue weighted by Gasteiger charge is 2.37. The van der Waals surface area contributed by atoms with Crippen LogP contribution in [0.2, 0.25) is 0 Å². The van der Waals surface area contributed by atoms with Gasteiger partial charge < -0.3 is 15.0 Å². The van der Waals surface area contributed by atoms with E-state index in [0.29, 0.717) is 19.7 Å². The molecule has 1 atom stereocenters. The van der Waals surface area contributed by atoms with Crippen LogP contribution in [-0.4, -0.2) is 57.3 Å². The molecule has 0 radical (unpaired) electrons. The number of rotatable bonds is 4. The average Bonchev–Trinajstić information content (AvgIpc) is 3.17. The lowest BCUT2D eigenvalue weighted by molar-refractivity contribution is -0.147. The molecule has 0 aliphatic carbocycles. The molecule has 2 aromatic rings. The van der Waals surface area contributed by atoms with E-state index in [4.69, 9.17) is 4.74 Å². The normalized spacial score (nSPS) is 18.5. The molecule has 1 N–H and O–H groups in total. The van der Waals surface area contributed by atoms with Crippen molar-refractivity contribution < 1.29 is 9.53 Å². The monoisotopic (exact) mass is 330 g/mol. The van der Waals surface area contributed by atoms with E-state index in [1.54, 1.807) is 11.0 Å². The molecule has 0 bridgehead atoms. The second kappa shape index (κ2) is 6.56. The summed E-state index contributed by atoms with van der Waals surface area (Å²) in [7, 11) is 1.82. The van der Waals surface area contributed by atoms with Crippen molar-refractivity contribution in [2.75, 3.05) is 32.1 Å². The van der Waals surface area contributed by atoms with Crippen LogP contribution in [0.15, 0.2) is 30.9 Å². The standard InChI is InChI=1S/C16H22N6O2/c1-16(2,22-11-18-10-19-22)15(23)21-7-8-24-13(9-21)12-5-4-6-14(17-3)20-12/h4-6,10-11,13H,7-9H2,1-3H3,(H,17,20). The Balaban J connectivity index is 1.76. The van der Waals surface area contributed by atoms with Gasteiger partial charge in [-0.2, -0.15) is 5.10 Å². The number of aromatic nitrogens is 4. The summed E-state index contributed by atoms with van der Waals surface area (Å²) in [5.41, 5.74) is 0.0245. The summed E-state index contributed by atoms with van der Waals surface area (Å²) in [6, 6.07) is 5.74. The van der Waals surface area contributed by atoms with E-state index in [2.05, 4.69) is 20.4 Å². The second-order valence-electron chi connectivity index (χ2n) is 6.21. The Hall–Kier alpha value is -2.48. The fourth-order valence-corrected chi connectivity index (χ4v) is 2.76. The molecule has 3 heterocycles. The van der Waals surface area contributed by atoms with Gasteiger partial charge in [0.1, 0.15) is 30.1 Å². The number of carbonyl (C=O) groups is 1. The molecule has 1 saturated heterocycles. The topological polar surface area (TPSA) is 85.2 Å². The van der Waals surface area contributed by atoms with Gasteiger partial charge in [0.25, 0.3) is 0 Å². The predicted molar refractivity (Wildman–Crippen MR) is 88.4 cm³/mol. The minimum Gasteiger partial charge on any atom is -0.373 e. The molecule has 1 unspecified atom stereocenters. The Bertz CT molecular complexity index is 700. The van der Waals surface area contributed by atoms with Crippen molar-refractivity contribution >= 4 is 11.7 Å². The largest absolute Gasteiger partial charge is 0.373 e. The molecule has 128 valence electrons. The van der Waals surface area contributed by atoms with Crippen LogP contribution < -0.4 is 5.32 Å². The summed E-state index contributed by atoms with van der Waals surface area (Å²) < 4.78 is 7.41. The van der Waals surface area contributed by atoms with E-state index in [1.165, 1.54) is 6.33 Å². The average molecular weight is 330 g/mol. The second-order valence-corrected chi connectivity index (χ2v) is 6.21. The molecule has 0 spiro atoms. The van der Waals surface area contributed by atoms with Crippen LogP contribution in [0.4, 0.5) is 5.82 Å². The third-order valence-electron chi connectivity index (χ3n) is 4.23. The van der Waals surface area contributed by atoms with Crippen LogP contribution in [0.1, 0.15) is 25.6 Å². The van der Waals surface area contributed by atoms with Crippen molar-refractivity contribution in [3.05, 3.63) is 36.5 Å². The van der Waals surface area contributed by atoms with Crippen molar-refractivity contribution in [2.24, 2.45) is 0 Å². The lowest BCUT2D eigenvalue weighted by atomic mass is 10.0. The van der Waals surface area contributed by atoms with Gasteiger partial charge in [-0.15, -0.1) is 0 Å². The molecule has 24 heavy (non-hydrogen) atoms. The van der Waals surface area contributed by atoms with Gasteiger partial charge in [0.15, 0.2) is 0 Å². The SMILES string of the molecule is CNc1cccc(C2CN(C(=O)C(C)(C)n3cncn3)CCO2)n1. The Kier molecular flexibility index (Phi) is 4.48. The van der Waals surface area contributed by atoms with Crippen LogP contribution >= 0.6 is 0 Å². The molecule has 1 aliphatic heterocycles. The highest BCUT2D eigenvalue weighted by Crippen LogP contribution is 2.25. The first kappa shape index (κ1) is 16.4. The maximum absolute atomic E-state index is 13.0. The first-order chi connectivity index (χ1) is 11.5. The molecule has 1 fully saturated rings. The Morgan fingerprint density at radius 2 is 2.25 bits per heavy atom. The summed E-state index contributed by atoms with van der Waals surface area (Å²) in [5, 5.41) is 7.13. The quantitative estimate of drug-likeness (QED) is 0.902. The number of nitrogens with one attached hydrogen (secondary N) is 1. The zero-order valence-corrected chi connectivity index (χ0v) is 14.1. The number of hydrogen-bond acceptors (Lipinski definition) is 6. The maximum Gasteiger partial charge on any atom is 0.250 e. The highest BCUT2D eigenvalue weighted by molar-refractivity contribution is 5.83. The van der Waals surface area contributed by atoms with Crippen molar-refractivity contribution in [2.45, 2.75) is 25.5 Å². The third kappa shape index (κ3) is 3.09. The zero-order chi connectivity index (χ0) is 17.2. The van der Waals surface area contributed by atoms with Crippen LogP contribution in [-0.2, 0) is 15.1 Å². The molecule has 8 nitrogen and oxygen atoms in total. The highest BCUT2D eigenvalue weighted by atomic mass is 16.5. The number of morpholine rings is 1. The molecule has 3 rings (SSSR count). The van der Waals surface area contributed by atoms with Crippen LogP contribution in [0.3, 0.4) is 0 Å². The van der Waals surface area contributed by atoms with Crippen LogP contribution in [0, 0.1) is 0 Å². The van der Waals surface area contributed by atoms with E-state index in [9.17, 15) is 4.79 Å². The fourth-order valence-electron chi connectivity index (χ4n) is 2.76. The third-order valence-corrected chi connectivity index (χ3v) is 4.23. The van der Waals surface area contributed by atoms with Crippen molar-refractivity contribution in [1.29, 1.82) is 0 Å². The van der Waals surface area contributed by atoms with E-state index >= 15 is 0 Å². The number of carbonyl (C=O) groups excluding carboxylic acids is 1. The molecule has 2 aromatic heterocycles. The Labute approximate surface area is 140 Å².